The molecule has 0 heterocycles. The molecule has 4 rings (SSSR count). The molecular weight excluding hydrogens is 448 g/mol. The molecule has 0 saturated heterocycles. The molecule has 0 fully saturated rings. The lowest BCUT2D eigenvalue weighted by molar-refractivity contribution is -0.148. The minimum atomic E-state index is -2.52. The summed E-state index contributed by atoms with van der Waals surface area (Å²) < 4.78 is 11.2. The molecule has 4 heteroatoms. The fourth-order valence-corrected chi connectivity index (χ4v) is 9.22. The fraction of sp³-hybridized carbons (Fsp3) is 0.194. The second-order valence-corrected chi connectivity index (χ2v) is 12.5. The van der Waals surface area contributed by atoms with E-state index in [1.807, 2.05) is 26.0 Å². The maximum atomic E-state index is 11.9. The number of benzene rings is 4. The van der Waals surface area contributed by atoms with E-state index in [0.29, 0.717) is 6.61 Å². The highest BCUT2D eigenvalue weighted by Crippen LogP contribution is 2.14. The molecule has 0 bridgehead atoms. The molecule has 0 saturated carbocycles. The van der Waals surface area contributed by atoms with Gasteiger partial charge in [-0.2, -0.15) is 0 Å². The molecule has 1 atom stereocenters. The lowest BCUT2D eigenvalue weighted by Crippen LogP contribution is -2.74. The van der Waals surface area contributed by atoms with Crippen molar-refractivity contribution in [3.05, 3.63) is 115 Å². The van der Waals surface area contributed by atoms with Gasteiger partial charge in [-0.05, 0) is 39.3 Å². The molecule has 178 valence electrons. The van der Waals surface area contributed by atoms with E-state index in [0.717, 1.165) is 12.2 Å². The summed E-state index contributed by atoms with van der Waals surface area (Å²) in [6.07, 6.45) is 0.775. The van der Waals surface area contributed by atoms with E-state index in [1.165, 1.54) is 20.7 Å². The first-order valence-electron chi connectivity index (χ1n) is 12.2. The minimum Gasteiger partial charge on any atom is -0.490 e. The Balaban J connectivity index is 1.67. The summed E-state index contributed by atoms with van der Waals surface area (Å²) >= 11 is 0. The van der Waals surface area contributed by atoms with Crippen LogP contribution in [0.5, 0.6) is 5.75 Å². The van der Waals surface area contributed by atoms with Crippen LogP contribution in [-0.2, 0) is 9.53 Å². The van der Waals surface area contributed by atoms with Gasteiger partial charge in [-0.15, -0.1) is 0 Å². The number of ether oxygens (including phenoxy) is 2. The highest BCUT2D eigenvalue weighted by atomic mass is 28.3. The summed E-state index contributed by atoms with van der Waals surface area (Å²) in [5.41, 5.74) is 0. The maximum Gasteiger partial charge on any atom is 0.308 e. The maximum absolute atomic E-state index is 11.9. The van der Waals surface area contributed by atoms with Crippen molar-refractivity contribution in [2.45, 2.75) is 20.3 Å². The largest absolute Gasteiger partial charge is 0.490 e. The van der Waals surface area contributed by atoms with Crippen LogP contribution in [0.25, 0.3) is 0 Å². The zero-order valence-electron chi connectivity index (χ0n) is 20.4. The summed E-state index contributed by atoms with van der Waals surface area (Å²) in [4.78, 5) is 11.9. The Kier molecular flexibility index (Phi) is 8.17. The van der Waals surface area contributed by atoms with Crippen molar-refractivity contribution in [3.8, 4) is 5.75 Å². The lowest BCUT2D eigenvalue weighted by Gasteiger charge is -2.34. The normalized spacial score (nSPS) is 12.1. The smallest absolute Gasteiger partial charge is 0.308 e. The van der Waals surface area contributed by atoms with Gasteiger partial charge >= 0.3 is 5.97 Å². The average molecular weight is 481 g/mol. The van der Waals surface area contributed by atoms with Gasteiger partial charge in [0.05, 0.1) is 5.92 Å². The fourth-order valence-electron chi connectivity index (χ4n) is 4.48. The number of hydrogen-bond acceptors (Lipinski definition) is 3. The van der Waals surface area contributed by atoms with Gasteiger partial charge in [0, 0.05) is 0 Å². The molecule has 4 aromatic carbocycles. The molecule has 0 N–H and O–H groups in total. The molecule has 0 amide bonds. The zero-order valence-corrected chi connectivity index (χ0v) is 21.4. The van der Waals surface area contributed by atoms with E-state index in [4.69, 9.17) is 9.47 Å². The van der Waals surface area contributed by atoms with Crippen LogP contribution in [0, 0.1) is 5.92 Å². The van der Waals surface area contributed by atoms with E-state index in [1.54, 1.807) is 0 Å². The van der Waals surface area contributed by atoms with Crippen LogP contribution in [0.2, 0.25) is 0 Å². The van der Waals surface area contributed by atoms with Gasteiger partial charge in [-0.1, -0.05) is 117 Å². The van der Waals surface area contributed by atoms with Crippen LogP contribution in [0.15, 0.2) is 115 Å². The second kappa shape index (κ2) is 11.7. The summed E-state index contributed by atoms with van der Waals surface area (Å²) in [6.45, 7) is 4.44. The molecule has 1 unspecified atom stereocenters. The number of hydrogen-bond donors (Lipinski definition) is 0. The highest BCUT2D eigenvalue weighted by molar-refractivity contribution is 7.19. The molecule has 0 aromatic heterocycles. The Morgan fingerprint density at radius 2 is 1.09 bits per heavy atom. The van der Waals surface area contributed by atoms with Crippen molar-refractivity contribution in [3.63, 3.8) is 0 Å². The molecule has 0 aliphatic carbocycles. The number of rotatable bonds is 10. The van der Waals surface area contributed by atoms with E-state index >= 15 is 0 Å². The van der Waals surface area contributed by atoms with Crippen molar-refractivity contribution >= 4 is 34.8 Å². The van der Waals surface area contributed by atoms with Gasteiger partial charge in [-0.3, -0.25) is 4.79 Å². The van der Waals surface area contributed by atoms with Gasteiger partial charge in [0.1, 0.15) is 19.0 Å². The molecule has 0 aliphatic rings. The number of carbonyl (C=O) groups excluding carboxylic acids is 1. The monoisotopic (exact) mass is 480 g/mol. The summed E-state index contributed by atoms with van der Waals surface area (Å²) in [5.74, 6) is 0.516. The van der Waals surface area contributed by atoms with E-state index in [2.05, 4.69) is 103 Å². The highest BCUT2D eigenvalue weighted by Gasteiger charge is 2.41. The van der Waals surface area contributed by atoms with E-state index in [9.17, 15) is 4.79 Å². The van der Waals surface area contributed by atoms with E-state index in [-0.39, 0.29) is 18.5 Å². The number of carbonyl (C=O) groups is 1. The van der Waals surface area contributed by atoms with Gasteiger partial charge in [-0.25, -0.2) is 0 Å². The van der Waals surface area contributed by atoms with Gasteiger partial charge in [0.2, 0.25) is 0 Å². The first-order valence-corrected chi connectivity index (χ1v) is 14.2. The molecule has 0 radical (unpaired) electrons. The quantitative estimate of drug-likeness (QED) is 0.149. The van der Waals surface area contributed by atoms with Crippen molar-refractivity contribution < 1.29 is 14.3 Å². The van der Waals surface area contributed by atoms with Crippen molar-refractivity contribution in [2.75, 3.05) is 13.2 Å². The standard InChI is InChI=1S/C31H32O3Si/c1-3-25(2)31(32)34-24-23-33-26-19-21-30(22-20-26)35(27-13-7-4-8-14-27,28-15-9-5-10-16-28)29-17-11-6-12-18-29/h4-22,25H,3,23-24H2,1-2H3. The van der Waals surface area contributed by atoms with Crippen LogP contribution in [0.4, 0.5) is 0 Å². The Bertz CT molecular complexity index is 1100. The first kappa shape index (κ1) is 24.5. The third kappa shape index (κ3) is 5.38. The molecule has 35 heavy (non-hydrogen) atoms. The van der Waals surface area contributed by atoms with Gasteiger partial charge in [0.25, 0.3) is 0 Å². The first-order chi connectivity index (χ1) is 17.2. The van der Waals surface area contributed by atoms with Crippen LogP contribution in [0.1, 0.15) is 20.3 Å². The molecular formula is C31H32O3Si. The van der Waals surface area contributed by atoms with Crippen LogP contribution < -0.4 is 25.5 Å². The second-order valence-electron chi connectivity index (χ2n) is 8.70. The Hall–Kier alpha value is -3.63. The Labute approximate surface area is 209 Å². The predicted molar refractivity (Wildman–Crippen MR) is 146 cm³/mol. The third-order valence-corrected chi connectivity index (χ3v) is 11.3. The van der Waals surface area contributed by atoms with Crippen LogP contribution in [0.3, 0.4) is 0 Å². The van der Waals surface area contributed by atoms with Crippen LogP contribution in [-0.4, -0.2) is 27.3 Å². The molecule has 4 aromatic rings. The third-order valence-electron chi connectivity index (χ3n) is 6.52. The van der Waals surface area contributed by atoms with E-state index < -0.39 is 8.07 Å². The minimum absolute atomic E-state index is 0.0821. The summed E-state index contributed by atoms with van der Waals surface area (Å²) in [6, 6.07) is 40.9. The Morgan fingerprint density at radius 3 is 1.51 bits per heavy atom. The Morgan fingerprint density at radius 1 is 0.657 bits per heavy atom. The number of esters is 1. The lowest BCUT2D eigenvalue weighted by atomic mass is 10.1. The summed E-state index contributed by atoms with van der Waals surface area (Å²) in [7, 11) is -2.52. The van der Waals surface area contributed by atoms with Gasteiger partial charge in [0.15, 0.2) is 8.07 Å². The van der Waals surface area contributed by atoms with Crippen LogP contribution >= 0.6 is 0 Å². The topological polar surface area (TPSA) is 35.5 Å². The molecule has 0 spiro atoms. The van der Waals surface area contributed by atoms with Gasteiger partial charge < -0.3 is 9.47 Å². The van der Waals surface area contributed by atoms with Crippen molar-refractivity contribution in [1.82, 2.24) is 0 Å². The molecule has 3 nitrogen and oxygen atoms in total. The zero-order chi connectivity index (χ0) is 24.5. The predicted octanol–water partition coefficient (Wildman–Crippen LogP) is 4.03. The average Bonchev–Trinajstić information content (AvgIpc) is 2.93. The molecule has 0 aliphatic heterocycles. The SMILES string of the molecule is CCC(C)C(=O)OCCOc1ccc([Si](c2ccccc2)(c2ccccc2)c2ccccc2)cc1. The van der Waals surface area contributed by atoms with Crippen molar-refractivity contribution in [2.24, 2.45) is 5.92 Å². The van der Waals surface area contributed by atoms with Crippen molar-refractivity contribution in [1.29, 1.82) is 0 Å². The summed E-state index contributed by atoms with van der Waals surface area (Å²) in [5, 5.41) is 5.30.